The van der Waals surface area contributed by atoms with Crippen LogP contribution in [0.3, 0.4) is 0 Å². The lowest BCUT2D eigenvalue weighted by Crippen LogP contribution is -2.10. The zero-order valence-corrected chi connectivity index (χ0v) is 11.2. The van der Waals surface area contributed by atoms with Gasteiger partial charge in [-0.05, 0) is 42.8 Å². The average molecular weight is 279 g/mol. The average Bonchev–Trinajstić information content (AvgIpc) is 2.44. The van der Waals surface area contributed by atoms with Crippen molar-refractivity contribution in [3.63, 3.8) is 0 Å². The normalized spacial score (nSPS) is 11.6. The van der Waals surface area contributed by atoms with Crippen LogP contribution < -0.4 is 5.32 Å². The molecule has 0 saturated carbocycles. The van der Waals surface area contributed by atoms with Gasteiger partial charge in [-0.2, -0.15) is 13.2 Å². The maximum absolute atomic E-state index is 13.0. The van der Waals surface area contributed by atoms with Crippen molar-refractivity contribution >= 4 is 0 Å². The molecule has 0 aromatic heterocycles. The third kappa shape index (κ3) is 3.39. The second-order valence-corrected chi connectivity index (χ2v) is 4.60. The predicted octanol–water partition coefficient (Wildman–Crippen LogP) is 4.13. The Hall–Kier alpha value is -1.81. The van der Waals surface area contributed by atoms with E-state index in [9.17, 15) is 13.2 Å². The summed E-state index contributed by atoms with van der Waals surface area (Å²) in [5.74, 6) is 0. The molecule has 106 valence electrons. The molecule has 0 bridgehead atoms. The van der Waals surface area contributed by atoms with Gasteiger partial charge < -0.3 is 5.32 Å². The Bertz CT molecular complexity index is 576. The van der Waals surface area contributed by atoms with Crippen LogP contribution in [0.5, 0.6) is 0 Å². The number of hydrogen-bond acceptors (Lipinski definition) is 1. The van der Waals surface area contributed by atoms with E-state index >= 15 is 0 Å². The van der Waals surface area contributed by atoms with Gasteiger partial charge in [-0.1, -0.05) is 42.5 Å². The largest absolute Gasteiger partial charge is 0.417 e. The first-order valence-electron chi connectivity index (χ1n) is 6.42. The molecule has 0 aliphatic carbocycles. The van der Waals surface area contributed by atoms with Gasteiger partial charge in [0.05, 0.1) is 5.56 Å². The van der Waals surface area contributed by atoms with E-state index in [1.54, 1.807) is 18.2 Å². The molecule has 2 aromatic rings. The summed E-state index contributed by atoms with van der Waals surface area (Å²) < 4.78 is 39.1. The van der Waals surface area contributed by atoms with Gasteiger partial charge in [0, 0.05) is 0 Å². The first-order valence-corrected chi connectivity index (χ1v) is 6.42. The molecule has 0 amide bonds. The molecule has 1 N–H and O–H groups in total. The molecule has 0 spiro atoms. The molecule has 0 radical (unpaired) electrons. The predicted molar refractivity (Wildman–Crippen MR) is 74.5 cm³/mol. The zero-order chi connectivity index (χ0) is 14.6. The summed E-state index contributed by atoms with van der Waals surface area (Å²) in [6.45, 7) is 0.796. The number of nitrogens with one attached hydrogen (secondary N) is 1. The van der Waals surface area contributed by atoms with Crippen LogP contribution in [0.1, 0.15) is 11.1 Å². The summed E-state index contributed by atoms with van der Waals surface area (Å²) in [7, 11) is 1.85. The minimum atomic E-state index is -4.34. The third-order valence-corrected chi connectivity index (χ3v) is 3.13. The number of benzene rings is 2. The lowest BCUT2D eigenvalue weighted by atomic mass is 9.97. The fourth-order valence-corrected chi connectivity index (χ4v) is 2.15. The van der Waals surface area contributed by atoms with Gasteiger partial charge in [-0.15, -0.1) is 0 Å². The second kappa shape index (κ2) is 6.09. The van der Waals surface area contributed by atoms with Crippen LogP contribution in [0.15, 0.2) is 48.5 Å². The van der Waals surface area contributed by atoms with Crippen LogP contribution in [0.2, 0.25) is 0 Å². The number of rotatable bonds is 4. The molecule has 2 rings (SSSR count). The van der Waals surface area contributed by atoms with E-state index < -0.39 is 11.7 Å². The highest BCUT2D eigenvalue weighted by Crippen LogP contribution is 2.37. The highest BCUT2D eigenvalue weighted by Gasteiger charge is 2.33. The van der Waals surface area contributed by atoms with Crippen molar-refractivity contribution in [2.24, 2.45) is 0 Å². The lowest BCUT2D eigenvalue weighted by Gasteiger charge is -2.13. The lowest BCUT2D eigenvalue weighted by molar-refractivity contribution is -0.137. The summed E-state index contributed by atoms with van der Waals surface area (Å²) in [5, 5.41) is 3.03. The van der Waals surface area contributed by atoms with Crippen molar-refractivity contribution in [2.75, 3.05) is 13.6 Å². The summed E-state index contributed by atoms with van der Waals surface area (Å²) in [4.78, 5) is 0. The molecule has 0 saturated heterocycles. The third-order valence-electron chi connectivity index (χ3n) is 3.13. The summed E-state index contributed by atoms with van der Waals surface area (Å²) in [6, 6.07) is 12.9. The van der Waals surface area contributed by atoms with E-state index in [-0.39, 0.29) is 5.56 Å². The van der Waals surface area contributed by atoms with Gasteiger partial charge in [0.25, 0.3) is 0 Å². The molecule has 0 heterocycles. The standard InChI is InChI=1S/C16H16F3N/c1-20-10-9-12-5-4-6-13(11-12)14-7-2-3-8-15(14)16(17,18)19/h2-8,11,20H,9-10H2,1H3. The van der Waals surface area contributed by atoms with Crippen LogP contribution in [-0.2, 0) is 12.6 Å². The Balaban J connectivity index is 2.42. The van der Waals surface area contributed by atoms with Gasteiger partial charge in [0.15, 0.2) is 0 Å². The van der Waals surface area contributed by atoms with Crippen LogP contribution in [0.25, 0.3) is 11.1 Å². The smallest absolute Gasteiger partial charge is 0.319 e. The van der Waals surface area contributed by atoms with Gasteiger partial charge in [-0.3, -0.25) is 0 Å². The Morgan fingerprint density at radius 3 is 2.45 bits per heavy atom. The fraction of sp³-hybridized carbons (Fsp3) is 0.250. The van der Waals surface area contributed by atoms with Gasteiger partial charge >= 0.3 is 6.18 Å². The molecule has 0 fully saturated rings. The van der Waals surface area contributed by atoms with Crippen molar-refractivity contribution in [3.8, 4) is 11.1 Å². The number of likely N-dealkylation sites (N-methyl/N-ethyl adjacent to an activating group) is 1. The summed E-state index contributed by atoms with van der Waals surface area (Å²) >= 11 is 0. The molecular formula is C16H16F3N. The highest BCUT2D eigenvalue weighted by molar-refractivity contribution is 5.68. The van der Waals surface area contributed by atoms with Gasteiger partial charge in [-0.25, -0.2) is 0 Å². The summed E-state index contributed by atoms with van der Waals surface area (Å²) in [5.41, 5.74) is 1.26. The molecule has 0 aliphatic rings. The molecule has 4 heteroatoms. The molecule has 20 heavy (non-hydrogen) atoms. The minimum Gasteiger partial charge on any atom is -0.319 e. The Kier molecular flexibility index (Phi) is 4.45. The van der Waals surface area contributed by atoms with E-state index in [0.29, 0.717) is 5.56 Å². The van der Waals surface area contributed by atoms with Gasteiger partial charge in [0.1, 0.15) is 0 Å². The van der Waals surface area contributed by atoms with Crippen molar-refractivity contribution in [1.29, 1.82) is 0 Å². The van der Waals surface area contributed by atoms with Crippen LogP contribution in [0.4, 0.5) is 13.2 Å². The maximum Gasteiger partial charge on any atom is 0.417 e. The van der Waals surface area contributed by atoms with Crippen LogP contribution >= 0.6 is 0 Å². The van der Waals surface area contributed by atoms with E-state index in [1.165, 1.54) is 12.1 Å². The fourth-order valence-electron chi connectivity index (χ4n) is 2.15. The monoisotopic (exact) mass is 279 g/mol. The van der Waals surface area contributed by atoms with E-state index in [0.717, 1.165) is 24.6 Å². The van der Waals surface area contributed by atoms with Crippen molar-refractivity contribution in [1.82, 2.24) is 5.32 Å². The molecule has 2 aromatic carbocycles. The molecular weight excluding hydrogens is 263 g/mol. The molecule has 0 unspecified atom stereocenters. The van der Waals surface area contributed by atoms with E-state index in [1.807, 2.05) is 19.2 Å². The van der Waals surface area contributed by atoms with Crippen molar-refractivity contribution in [2.45, 2.75) is 12.6 Å². The van der Waals surface area contributed by atoms with Gasteiger partial charge in [0.2, 0.25) is 0 Å². The van der Waals surface area contributed by atoms with Crippen LogP contribution in [0, 0.1) is 0 Å². The topological polar surface area (TPSA) is 12.0 Å². The number of halogens is 3. The summed E-state index contributed by atoms with van der Waals surface area (Å²) in [6.07, 6.45) is -3.55. The van der Waals surface area contributed by atoms with E-state index in [4.69, 9.17) is 0 Å². The Morgan fingerprint density at radius 2 is 1.75 bits per heavy atom. The zero-order valence-electron chi connectivity index (χ0n) is 11.2. The Labute approximate surface area is 116 Å². The highest BCUT2D eigenvalue weighted by atomic mass is 19.4. The first-order chi connectivity index (χ1) is 9.52. The second-order valence-electron chi connectivity index (χ2n) is 4.60. The van der Waals surface area contributed by atoms with Crippen molar-refractivity contribution in [3.05, 3.63) is 59.7 Å². The van der Waals surface area contributed by atoms with Crippen LogP contribution in [-0.4, -0.2) is 13.6 Å². The molecule has 0 atom stereocenters. The minimum absolute atomic E-state index is 0.228. The first kappa shape index (κ1) is 14.6. The molecule has 1 nitrogen and oxygen atoms in total. The SMILES string of the molecule is CNCCc1cccc(-c2ccccc2C(F)(F)F)c1. The van der Waals surface area contributed by atoms with E-state index in [2.05, 4.69) is 5.32 Å². The molecule has 0 aliphatic heterocycles. The number of hydrogen-bond donors (Lipinski definition) is 1. The quantitative estimate of drug-likeness (QED) is 0.887. The Morgan fingerprint density at radius 1 is 1.00 bits per heavy atom. The van der Waals surface area contributed by atoms with Crippen molar-refractivity contribution < 1.29 is 13.2 Å². The maximum atomic E-state index is 13.0. The number of alkyl halides is 3.